The Labute approximate surface area is 139 Å². The minimum absolute atomic E-state index is 0.190. The molecule has 1 aliphatic carbocycles. The molecule has 22 heavy (non-hydrogen) atoms. The fourth-order valence-electron chi connectivity index (χ4n) is 2.11. The van der Waals surface area contributed by atoms with E-state index in [1.54, 1.807) is 12.1 Å². The topological polar surface area (TPSA) is 38.3 Å². The molecule has 1 N–H and O–H groups in total. The molecular weight excluding hydrogens is 321 g/mol. The van der Waals surface area contributed by atoms with Gasteiger partial charge in [0, 0.05) is 0 Å². The zero-order chi connectivity index (χ0) is 15.7. The van der Waals surface area contributed by atoms with E-state index in [4.69, 9.17) is 27.9 Å². The third-order valence-electron chi connectivity index (χ3n) is 3.54. The molecular formula is C17H15Cl2NO2. The first-order valence-electron chi connectivity index (χ1n) is 6.98. The Balaban J connectivity index is 1.75. The fourth-order valence-corrected chi connectivity index (χ4v) is 2.62. The average Bonchev–Trinajstić information content (AvgIpc) is 3.12. The zero-order valence-corrected chi connectivity index (χ0v) is 13.5. The lowest BCUT2D eigenvalue weighted by Crippen LogP contribution is -2.17. The van der Waals surface area contributed by atoms with E-state index in [2.05, 4.69) is 5.32 Å². The summed E-state index contributed by atoms with van der Waals surface area (Å²) in [5.74, 6) is 0.728. The van der Waals surface area contributed by atoms with Gasteiger partial charge in [0.1, 0.15) is 10.1 Å². The van der Waals surface area contributed by atoms with Crippen molar-refractivity contribution in [2.24, 2.45) is 5.92 Å². The summed E-state index contributed by atoms with van der Waals surface area (Å²) < 4.78 is 4.90. The number of nitrogens with one attached hydrogen (secondary N) is 1. The highest BCUT2D eigenvalue weighted by Gasteiger charge is 2.56. The first-order chi connectivity index (χ1) is 10.5. The van der Waals surface area contributed by atoms with Gasteiger partial charge in [0.25, 0.3) is 0 Å². The van der Waals surface area contributed by atoms with Gasteiger partial charge in [-0.05, 0) is 37.6 Å². The van der Waals surface area contributed by atoms with Crippen LogP contribution in [0.1, 0.15) is 12.0 Å². The number of rotatable bonds is 4. The minimum Gasteiger partial charge on any atom is -0.455 e. The molecule has 1 atom stereocenters. The summed E-state index contributed by atoms with van der Waals surface area (Å²) in [5, 5.41) is 2.83. The molecule has 1 unspecified atom stereocenters. The summed E-state index contributed by atoms with van der Waals surface area (Å²) in [6.07, 6.45) is 0.475. The van der Waals surface area contributed by atoms with Gasteiger partial charge in [0.05, 0.1) is 11.6 Å². The number of aryl methyl sites for hydroxylation is 1. The Morgan fingerprint density at radius 1 is 1.18 bits per heavy atom. The maximum Gasteiger partial charge on any atom is 0.230 e. The van der Waals surface area contributed by atoms with Crippen molar-refractivity contribution in [2.45, 2.75) is 17.7 Å². The van der Waals surface area contributed by atoms with Gasteiger partial charge in [0.2, 0.25) is 5.91 Å². The first kappa shape index (κ1) is 15.2. The van der Waals surface area contributed by atoms with Crippen LogP contribution in [0.4, 0.5) is 5.69 Å². The van der Waals surface area contributed by atoms with Gasteiger partial charge in [0.15, 0.2) is 5.75 Å². The average molecular weight is 336 g/mol. The van der Waals surface area contributed by atoms with Gasteiger partial charge in [-0.2, -0.15) is 0 Å². The Bertz CT molecular complexity index is 698. The number of carbonyl (C=O) groups is 1. The van der Waals surface area contributed by atoms with Crippen molar-refractivity contribution in [3.8, 4) is 11.5 Å². The van der Waals surface area contributed by atoms with Crippen molar-refractivity contribution < 1.29 is 9.53 Å². The number of benzene rings is 2. The Kier molecular flexibility index (Phi) is 4.02. The molecule has 0 aliphatic heterocycles. The fraction of sp³-hybridized carbons (Fsp3) is 0.235. The molecule has 0 bridgehead atoms. The van der Waals surface area contributed by atoms with Gasteiger partial charge in [-0.3, -0.25) is 4.79 Å². The molecule has 0 aromatic heterocycles. The Morgan fingerprint density at radius 3 is 2.45 bits per heavy atom. The molecule has 5 heteroatoms. The van der Waals surface area contributed by atoms with E-state index in [-0.39, 0.29) is 11.8 Å². The third kappa shape index (κ3) is 3.37. The van der Waals surface area contributed by atoms with Crippen molar-refractivity contribution in [3.05, 3.63) is 54.1 Å². The van der Waals surface area contributed by atoms with Crippen LogP contribution in [-0.4, -0.2) is 10.2 Å². The molecule has 0 heterocycles. The molecule has 2 aromatic carbocycles. The lowest BCUT2D eigenvalue weighted by Gasteiger charge is -2.12. The smallest absolute Gasteiger partial charge is 0.230 e. The molecule has 3 rings (SSSR count). The maximum absolute atomic E-state index is 12.1. The van der Waals surface area contributed by atoms with Gasteiger partial charge < -0.3 is 10.1 Å². The van der Waals surface area contributed by atoms with Crippen molar-refractivity contribution in [1.29, 1.82) is 0 Å². The number of amides is 1. The number of para-hydroxylation sites is 2. The van der Waals surface area contributed by atoms with E-state index in [1.807, 2.05) is 43.3 Å². The normalized spacial score (nSPS) is 18.6. The summed E-state index contributed by atoms with van der Waals surface area (Å²) in [5.41, 5.74) is 1.76. The van der Waals surface area contributed by atoms with Crippen LogP contribution in [0.25, 0.3) is 0 Å². The summed E-state index contributed by atoms with van der Waals surface area (Å²) in [6.45, 7) is 2.01. The predicted octanol–water partition coefficient (Wildman–Crippen LogP) is 4.92. The van der Waals surface area contributed by atoms with E-state index in [0.717, 1.165) is 5.56 Å². The van der Waals surface area contributed by atoms with Crippen LogP contribution in [0.15, 0.2) is 48.5 Å². The van der Waals surface area contributed by atoms with Crippen molar-refractivity contribution in [1.82, 2.24) is 0 Å². The SMILES string of the molecule is Cc1ccc(Oc2ccccc2NC(=O)C2CC2(Cl)Cl)cc1. The van der Waals surface area contributed by atoms with Gasteiger partial charge in [-0.25, -0.2) is 0 Å². The Hall–Kier alpha value is -1.71. The molecule has 0 spiro atoms. The number of alkyl halides is 2. The predicted molar refractivity (Wildman–Crippen MR) is 88.9 cm³/mol. The number of ether oxygens (including phenoxy) is 1. The third-order valence-corrected chi connectivity index (χ3v) is 4.37. The summed E-state index contributed by atoms with van der Waals surface area (Å²) >= 11 is 11.9. The van der Waals surface area contributed by atoms with Crippen LogP contribution in [0.3, 0.4) is 0 Å². The molecule has 1 fully saturated rings. The van der Waals surface area contributed by atoms with Crippen molar-refractivity contribution >= 4 is 34.8 Å². The summed E-state index contributed by atoms with van der Waals surface area (Å²) in [6, 6.07) is 15.0. The quantitative estimate of drug-likeness (QED) is 0.805. The van der Waals surface area contributed by atoms with E-state index in [0.29, 0.717) is 23.6 Å². The minimum atomic E-state index is -0.934. The summed E-state index contributed by atoms with van der Waals surface area (Å²) in [4.78, 5) is 12.1. The molecule has 114 valence electrons. The molecule has 1 amide bonds. The van der Waals surface area contributed by atoms with E-state index < -0.39 is 4.33 Å². The first-order valence-corrected chi connectivity index (χ1v) is 7.73. The van der Waals surface area contributed by atoms with E-state index in [9.17, 15) is 4.79 Å². The van der Waals surface area contributed by atoms with Crippen LogP contribution in [0, 0.1) is 12.8 Å². The number of halogens is 2. The molecule has 0 saturated heterocycles. The van der Waals surface area contributed by atoms with Gasteiger partial charge >= 0.3 is 0 Å². The van der Waals surface area contributed by atoms with Gasteiger partial charge in [-0.15, -0.1) is 23.2 Å². The highest BCUT2D eigenvalue weighted by molar-refractivity contribution is 6.52. The lowest BCUT2D eigenvalue weighted by molar-refractivity contribution is -0.117. The maximum atomic E-state index is 12.1. The Morgan fingerprint density at radius 2 is 1.82 bits per heavy atom. The highest BCUT2D eigenvalue weighted by atomic mass is 35.5. The summed E-state index contributed by atoms with van der Waals surface area (Å²) in [7, 11) is 0. The largest absolute Gasteiger partial charge is 0.455 e. The second-order valence-electron chi connectivity index (χ2n) is 5.42. The molecule has 1 aliphatic rings. The molecule has 0 radical (unpaired) electrons. The number of hydrogen-bond acceptors (Lipinski definition) is 2. The van der Waals surface area contributed by atoms with Crippen molar-refractivity contribution in [2.75, 3.05) is 5.32 Å². The molecule has 2 aromatic rings. The van der Waals surface area contributed by atoms with Crippen LogP contribution < -0.4 is 10.1 Å². The van der Waals surface area contributed by atoms with Gasteiger partial charge in [-0.1, -0.05) is 29.8 Å². The van der Waals surface area contributed by atoms with Crippen LogP contribution in [0.2, 0.25) is 0 Å². The van der Waals surface area contributed by atoms with Crippen LogP contribution in [-0.2, 0) is 4.79 Å². The van der Waals surface area contributed by atoms with E-state index in [1.165, 1.54) is 0 Å². The number of carbonyl (C=O) groups excluding carboxylic acids is 1. The second-order valence-corrected chi connectivity index (χ2v) is 6.96. The number of anilines is 1. The molecule has 1 saturated carbocycles. The molecule has 3 nitrogen and oxygen atoms in total. The van der Waals surface area contributed by atoms with Crippen molar-refractivity contribution in [3.63, 3.8) is 0 Å². The number of hydrogen-bond donors (Lipinski definition) is 1. The zero-order valence-electron chi connectivity index (χ0n) is 12.0. The standard InChI is InChI=1S/C17H15Cl2NO2/c1-11-6-8-12(9-7-11)22-15-5-3-2-4-14(15)20-16(21)13-10-17(13,18)19/h2-9,13H,10H2,1H3,(H,20,21). The lowest BCUT2D eigenvalue weighted by atomic mass is 10.2. The van der Waals surface area contributed by atoms with Crippen LogP contribution >= 0.6 is 23.2 Å². The monoisotopic (exact) mass is 335 g/mol. The second kappa shape index (κ2) is 5.82. The highest BCUT2D eigenvalue weighted by Crippen LogP contribution is 2.53. The van der Waals surface area contributed by atoms with E-state index >= 15 is 0 Å². The van der Waals surface area contributed by atoms with Crippen LogP contribution in [0.5, 0.6) is 11.5 Å².